The number of rotatable bonds is 4. The fourth-order valence-electron chi connectivity index (χ4n) is 2.00. The van der Waals surface area contributed by atoms with E-state index in [1.54, 1.807) is 6.07 Å². The van der Waals surface area contributed by atoms with Gasteiger partial charge in [-0.05, 0) is 36.8 Å². The normalized spacial score (nSPS) is 11.8. The lowest BCUT2D eigenvalue weighted by atomic mass is 10.1. The molecule has 0 fully saturated rings. The summed E-state index contributed by atoms with van der Waals surface area (Å²) in [7, 11) is 1.41. The van der Waals surface area contributed by atoms with Crippen LogP contribution in [0, 0.1) is 5.82 Å². The van der Waals surface area contributed by atoms with Gasteiger partial charge < -0.3 is 10.1 Å². The fraction of sp³-hybridized carbons (Fsp3) is 0.188. The molecule has 0 bridgehead atoms. The minimum Gasteiger partial charge on any atom is -0.496 e. The molecule has 0 saturated carbocycles. The molecule has 3 nitrogen and oxygen atoms in total. The van der Waals surface area contributed by atoms with Crippen LogP contribution < -0.4 is 10.1 Å². The molecule has 2 aromatic rings. The number of carbonyl (C=O) groups excluding carboxylic acids is 1. The zero-order valence-corrected chi connectivity index (χ0v) is 13.3. The van der Waals surface area contributed by atoms with Gasteiger partial charge in [-0.1, -0.05) is 34.1 Å². The Bertz CT molecular complexity index is 643. The summed E-state index contributed by atoms with van der Waals surface area (Å²) in [6, 6.07) is 11.6. The molecule has 1 N–H and O–H groups in total. The first-order valence-electron chi connectivity index (χ1n) is 6.41. The number of benzene rings is 2. The van der Waals surface area contributed by atoms with Crippen LogP contribution in [0.15, 0.2) is 46.9 Å². The Hall–Kier alpha value is -1.88. The molecule has 1 amide bonds. The number of amides is 1. The maximum absolute atomic E-state index is 13.8. The summed E-state index contributed by atoms with van der Waals surface area (Å²) in [6.07, 6.45) is 0. The third-order valence-corrected chi connectivity index (χ3v) is 3.67. The molecule has 0 aliphatic heterocycles. The van der Waals surface area contributed by atoms with E-state index in [1.165, 1.54) is 19.2 Å². The van der Waals surface area contributed by atoms with E-state index in [-0.39, 0.29) is 17.4 Å². The number of halogens is 2. The predicted octanol–water partition coefficient (Wildman–Crippen LogP) is 4.09. The summed E-state index contributed by atoms with van der Waals surface area (Å²) < 4.78 is 19.8. The lowest BCUT2D eigenvalue weighted by Crippen LogP contribution is -2.27. The van der Waals surface area contributed by atoms with Crippen LogP contribution in [-0.2, 0) is 0 Å². The van der Waals surface area contributed by atoms with E-state index in [9.17, 15) is 9.18 Å². The van der Waals surface area contributed by atoms with Crippen molar-refractivity contribution in [1.29, 1.82) is 0 Å². The first-order valence-corrected chi connectivity index (χ1v) is 7.21. The molecule has 0 aromatic heterocycles. The Labute approximate surface area is 131 Å². The molecule has 21 heavy (non-hydrogen) atoms. The Kier molecular flexibility index (Phi) is 4.96. The second-order valence-electron chi connectivity index (χ2n) is 4.56. The number of nitrogens with one attached hydrogen (secondary N) is 1. The third kappa shape index (κ3) is 3.61. The molecule has 0 saturated heterocycles. The molecular weight excluding hydrogens is 337 g/mol. The van der Waals surface area contributed by atoms with Crippen LogP contribution in [0.1, 0.15) is 28.9 Å². The predicted molar refractivity (Wildman–Crippen MR) is 83.0 cm³/mol. The molecule has 1 unspecified atom stereocenters. The van der Waals surface area contributed by atoms with Crippen molar-refractivity contribution >= 4 is 21.8 Å². The van der Waals surface area contributed by atoms with Gasteiger partial charge in [0.15, 0.2) is 0 Å². The summed E-state index contributed by atoms with van der Waals surface area (Å²) in [6.45, 7) is 1.84. The van der Waals surface area contributed by atoms with Gasteiger partial charge in [0.2, 0.25) is 0 Å². The average Bonchev–Trinajstić information content (AvgIpc) is 2.47. The van der Waals surface area contributed by atoms with Crippen LogP contribution in [0.4, 0.5) is 4.39 Å². The van der Waals surface area contributed by atoms with Gasteiger partial charge in [-0.3, -0.25) is 4.79 Å². The van der Waals surface area contributed by atoms with Crippen molar-refractivity contribution in [1.82, 2.24) is 5.32 Å². The molecule has 5 heteroatoms. The second kappa shape index (κ2) is 6.72. The van der Waals surface area contributed by atoms with Crippen LogP contribution in [0.5, 0.6) is 5.75 Å². The molecule has 110 valence electrons. The molecule has 0 spiro atoms. The van der Waals surface area contributed by atoms with Gasteiger partial charge in [0.25, 0.3) is 5.91 Å². The highest BCUT2D eigenvalue weighted by atomic mass is 79.9. The number of hydrogen-bond acceptors (Lipinski definition) is 2. The lowest BCUT2D eigenvalue weighted by molar-refractivity contribution is 0.0932. The first kappa shape index (κ1) is 15.5. The highest BCUT2D eigenvalue weighted by Crippen LogP contribution is 2.23. The fourth-order valence-corrected chi connectivity index (χ4v) is 2.26. The smallest absolute Gasteiger partial charge is 0.258 e. The zero-order chi connectivity index (χ0) is 15.4. The van der Waals surface area contributed by atoms with E-state index >= 15 is 0 Å². The van der Waals surface area contributed by atoms with Crippen LogP contribution in [0.3, 0.4) is 0 Å². The summed E-state index contributed by atoms with van der Waals surface area (Å²) >= 11 is 3.36. The molecule has 2 rings (SSSR count). The van der Waals surface area contributed by atoms with Crippen molar-refractivity contribution in [3.05, 3.63) is 63.9 Å². The Morgan fingerprint density at radius 2 is 1.90 bits per heavy atom. The van der Waals surface area contributed by atoms with Crippen molar-refractivity contribution in [3.63, 3.8) is 0 Å². The minimum absolute atomic E-state index is 0.0797. The maximum atomic E-state index is 13.8. The highest BCUT2D eigenvalue weighted by molar-refractivity contribution is 9.10. The van der Waals surface area contributed by atoms with Crippen molar-refractivity contribution in [3.8, 4) is 5.75 Å². The van der Waals surface area contributed by atoms with E-state index in [0.717, 1.165) is 10.0 Å². The van der Waals surface area contributed by atoms with E-state index in [1.807, 2.05) is 31.2 Å². The monoisotopic (exact) mass is 351 g/mol. The van der Waals surface area contributed by atoms with Crippen LogP contribution in [0.2, 0.25) is 0 Å². The van der Waals surface area contributed by atoms with Crippen LogP contribution in [-0.4, -0.2) is 13.0 Å². The molecule has 1 atom stereocenters. The van der Waals surface area contributed by atoms with Crippen molar-refractivity contribution < 1.29 is 13.9 Å². The minimum atomic E-state index is -0.602. The van der Waals surface area contributed by atoms with Gasteiger partial charge in [0, 0.05) is 4.47 Å². The first-order chi connectivity index (χ1) is 10.0. The van der Waals surface area contributed by atoms with Gasteiger partial charge in [-0.15, -0.1) is 0 Å². The number of methoxy groups -OCH3 is 1. The van der Waals surface area contributed by atoms with Crippen molar-refractivity contribution in [2.75, 3.05) is 7.11 Å². The average molecular weight is 352 g/mol. The number of hydrogen-bond donors (Lipinski definition) is 1. The van der Waals surface area contributed by atoms with Gasteiger partial charge in [0.05, 0.1) is 13.2 Å². The summed E-state index contributed by atoms with van der Waals surface area (Å²) in [5.41, 5.74) is 0.853. The summed E-state index contributed by atoms with van der Waals surface area (Å²) in [5, 5.41) is 2.77. The van der Waals surface area contributed by atoms with Crippen LogP contribution in [0.25, 0.3) is 0 Å². The Balaban J connectivity index is 2.20. The zero-order valence-electron chi connectivity index (χ0n) is 11.7. The number of carbonyl (C=O) groups is 1. The van der Waals surface area contributed by atoms with Gasteiger partial charge in [-0.25, -0.2) is 4.39 Å². The summed E-state index contributed by atoms with van der Waals surface area (Å²) in [4.78, 5) is 12.3. The van der Waals surface area contributed by atoms with Crippen LogP contribution >= 0.6 is 15.9 Å². The van der Waals surface area contributed by atoms with E-state index in [2.05, 4.69) is 21.2 Å². The standard InChI is InChI=1S/C16H15BrFNO2/c1-10(11-6-8-12(17)9-7-11)19-16(20)15-13(18)4-3-5-14(15)21-2/h3-10H,1-2H3,(H,19,20). The summed E-state index contributed by atoms with van der Waals surface area (Å²) in [5.74, 6) is -0.884. The van der Waals surface area contributed by atoms with E-state index in [0.29, 0.717) is 0 Å². The molecule has 0 aliphatic carbocycles. The maximum Gasteiger partial charge on any atom is 0.258 e. The van der Waals surface area contributed by atoms with E-state index < -0.39 is 11.7 Å². The molecular formula is C16H15BrFNO2. The van der Waals surface area contributed by atoms with Crippen molar-refractivity contribution in [2.24, 2.45) is 0 Å². The Morgan fingerprint density at radius 3 is 2.52 bits per heavy atom. The molecule has 2 aromatic carbocycles. The molecule has 0 aliphatic rings. The second-order valence-corrected chi connectivity index (χ2v) is 5.48. The lowest BCUT2D eigenvalue weighted by Gasteiger charge is -2.16. The number of ether oxygens (including phenoxy) is 1. The Morgan fingerprint density at radius 1 is 1.24 bits per heavy atom. The van der Waals surface area contributed by atoms with Gasteiger partial charge >= 0.3 is 0 Å². The molecule has 0 heterocycles. The quantitative estimate of drug-likeness (QED) is 0.900. The SMILES string of the molecule is COc1cccc(F)c1C(=O)NC(C)c1ccc(Br)cc1. The van der Waals surface area contributed by atoms with Gasteiger partial charge in [-0.2, -0.15) is 0 Å². The highest BCUT2D eigenvalue weighted by Gasteiger charge is 2.19. The topological polar surface area (TPSA) is 38.3 Å². The van der Waals surface area contributed by atoms with Gasteiger partial charge in [0.1, 0.15) is 17.1 Å². The molecule has 0 radical (unpaired) electrons. The largest absolute Gasteiger partial charge is 0.496 e. The van der Waals surface area contributed by atoms with E-state index in [4.69, 9.17) is 4.74 Å². The third-order valence-electron chi connectivity index (χ3n) is 3.14. The van der Waals surface area contributed by atoms with Crippen molar-refractivity contribution in [2.45, 2.75) is 13.0 Å².